The lowest BCUT2D eigenvalue weighted by Gasteiger charge is -2.19. The van der Waals surface area contributed by atoms with E-state index in [-0.39, 0.29) is 23.8 Å². The third-order valence-electron chi connectivity index (χ3n) is 5.71. The van der Waals surface area contributed by atoms with Crippen LogP contribution in [0.25, 0.3) is 10.9 Å². The average molecular weight is 432 g/mol. The lowest BCUT2D eigenvalue weighted by Crippen LogP contribution is -2.30. The van der Waals surface area contributed by atoms with Gasteiger partial charge in [-0.2, -0.15) is 0 Å². The zero-order valence-corrected chi connectivity index (χ0v) is 18.8. The molecular weight excluding hydrogens is 402 g/mol. The van der Waals surface area contributed by atoms with Gasteiger partial charge in [0.1, 0.15) is 5.75 Å². The lowest BCUT2D eigenvalue weighted by molar-refractivity contribution is 0.0786. The molecule has 1 unspecified atom stereocenters. The van der Waals surface area contributed by atoms with Crippen LogP contribution >= 0.6 is 0 Å². The first-order valence-corrected chi connectivity index (χ1v) is 11.2. The molecular formula is C26H29N3O3. The Hall–Kier alpha value is -3.41. The van der Waals surface area contributed by atoms with Crippen LogP contribution in [0.4, 0.5) is 0 Å². The number of aromatic nitrogens is 1. The van der Waals surface area contributed by atoms with Crippen molar-refractivity contribution in [1.29, 1.82) is 0 Å². The Balaban J connectivity index is 1.61. The van der Waals surface area contributed by atoms with E-state index in [1.54, 1.807) is 0 Å². The summed E-state index contributed by atoms with van der Waals surface area (Å²) in [6.07, 6.45) is 0.805. The number of hydrogen-bond donors (Lipinski definition) is 1. The van der Waals surface area contributed by atoms with E-state index in [0.717, 1.165) is 23.0 Å². The molecule has 1 fully saturated rings. The van der Waals surface area contributed by atoms with Gasteiger partial charge in [-0.15, -0.1) is 0 Å². The van der Waals surface area contributed by atoms with Gasteiger partial charge in [0.05, 0.1) is 23.3 Å². The van der Waals surface area contributed by atoms with Crippen LogP contribution < -0.4 is 10.1 Å². The number of carbonyl (C=O) groups excluding carboxylic acids is 2. The van der Waals surface area contributed by atoms with Gasteiger partial charge in [0, 0.05) is 36.1 Å². The molecule has 1 saturated heterocycles. The van der Waals surface area contributed by atoms with Crippen LogP contribution in [0.3, 0.4) is 0 Å². The molecule has 6 heteroatoms. The van der Waals surface area contributed by atoms with Gasteiger partial charge in [0.2, 0.25) is 0 Å². The van der Waals surface area contributed by atoms with Crippen LogP contribution in [0.1, 0.15) is 59.5 Å². The molecule has 2 aromatic carbocycles. The van der Waals surface area contributed by atoms with E-state index in [2.05, 4.69) is 5.32 Å². The number of carbonyl (C=O) groups is 2. The second kappa shape index (κ2) is 9.39. The third-order valence-corrected chi connectivity index (χ3v) is 5.71. The quantitative estimate of drug-likeness (QED) is 0.628. The van der Waals surface area contributed by atoms with Crippen LogP contribution in [0.15, 0.2) is 54.6 Å². The molecule has 6 nitrogen and oxygen atoms in total. The maximum atomic E-state index is 13.2. The summed E-state index contributed by atoms with van der Waals surface area (Å²) in [6, 6.07) is 17.0. The summed E-state index contributed by atoms with van der Waals surface area (Å²) < 4.78 is 5.65. The van der Waals surface area contributed by atoms with Gasteiger partial charge in [-0.25, -0.2) is 0 Å². The fourth-order valence-electron chi connectivity index (χ4n) is 4.21. The number of benzene rings is 2. The van der Waals surface area contributed by atoms with Crippen molar-refractivity contribution < 1.29 is 14.3 Å². The fourth-order valence-corrected chi connectivity index (χ4v) is 4.21. The number of ether oxygens (including phenoxy) is 1. The molecule has 0 radical (unpaired) electrons. The highest BCUT2D eigenvalue weighted by molar-refractivity contribution is 6.06. The molecule has 166 valence electrons. The normalized spacial score (nSPS) is 15.9. The molecule has 0 bridgehead atoms. The Bertz CT molecular complexity index is 1140. The fraction of sp³-hybridized carbons (Fsp3) is 0.346. The van der Waals surface area contributed by atoms with Crippen LogP contribution in [0, 0.1) is 0 Å². The van der Waals surface area contributed by atoms with E-state index in [0.29, 0.717) is 36.6 Å². The number of fused-ring (bicyclic) bond motifs is 1. The highest BCUT2D eigenvalue weighted by Gasteiger charge is 2.31. The number of likely N-dealkylation sites (tertiary alicyclic amines) is 1. The second-order valence-corrected chi connectivity index (χ2v) is 8.41. The number of nitrogens with zero attached hydrogens (tertiary/aromatic N) is 2. The van der Waals surface area contributed by atoms with E-state index in [9.17, 15) is 9.59 Å². The Labute approximate surface area is 188 Å². The van der Waals surface area contributed by atoms with E-state index < -0.39 is 0 Å². The predicted octanol–water partition coefficient (Wildman–Crippen LogP) is 4.40. The second-order valence-electron chi connectivity index (χ2n) is 8.41. The minimum Gasteiger partial charge on any atom is -0.493 e. The minimum absolute atomic E-state index is 0.0323. The Kier molecular flexibility index (Phi) is 6.40. The highest BCUT2D eigenvalue weighted by atomic mass is 16.5. The predicted molar refractivity (Wildman–Crippen MR) is 125 cm³/mol. The molecule has 2 heterocycles. The molecule has 0 saturated carbocycles. The number of rotatable bonds is 6. The summed E-state index contributed by atoms with van der Waals surface area (Å²) in [5.74, 6) is 0.555. The van der Waals surface area contributed by atoms with Gasteiger partial charge in [0.15, 0.2) is 0 Å². The molecule has 0 spiro atoms. The largest absolute Gasteiger partial charge is 0.493 e. The molecule has 3 aromatic rings. The SMILES string of the molecule is CCOc1ccccc1C(=O)N1CCC(c2cc(C(=O)NC(C)C)c3ccccc3n2)C1. The monoisotopic (exact) mass is 431 g/mol. The van der Waals surface area contributed by atoms with Crippen LogP contribution in [-0.2, 0) is 0 Å². The maximum absolute atomic E-state index is 13.2. The number of hydrogen-bond acceptors (Lipinski definition) is 4. The maximum Gasteiger partial charge on any atom is 0.257 e. The van der Waals surface area contributed by atoms with Crippen molar-refractivity contribution in [2.45, 2.75) is 39.2 Å². The Morgan fingerprint density at radius 3 is 2.66 bits per heavy atom. The summed E-state index contributed by atoms with van der Waals surface area (Å²) in [7, 11) is 0. The number of nitrogens with one attached hydrogen (secondary N) is 1. The molecule has 1 aromatic heterocycles. The molecule has 1 atom stereocenters. The smallest absolute Gasteiger partial charge is 0.257 e. The summed E-state index contributed by atoms with van der Waals surface area (Å²) in [5, 5.41) is 3.83. The molecule has 32 heavy (non-hydrogen) atoms. The van der Waals surface area contributed by atoms with Gasteiger partial charge >= 0.3 is 0 Å². The summed E-state index contributed by atoms with van der Waals surface area (Å²) in [6.45, 7) is 7.52. The van der Waals surface area contributed by atoms with E-state index >= 15 is 0 Å². The zero-order chi connectivity index (χ0) is 22.7. The number of amides is 2. The first-order valence-electron chi connectivity index (χ1n) is 11.2. The summed E-state index contributed by atoms with van der Waals surface area (Å²) >= 11 is 0. The van der Waals surface area contributed by atoms with Crippen molar-refractivity contribution in [3.05, 3.63) is 71.4 Å². The zero-order valence-electron chi connectivity index (χ0n) is 18.8. The number of pyridine rings is 1. The molecule has 4 rings (SSSR count). The molecule has 1 aliphatic heterocycles. The van der Waals surface area contributed by atoms with Crippen molar-refractivity contribution in [3.8, 4) is 5.75 Å². The molecule has 1 N–H and O–H groups in total. The summed E-state index contributed by atoms with van der Waals surface area (Å²) in [4.78, 5) is 32.8. The van der Waals surface area contributed by atoms with Crippen LogP contribution in [0.5, 0.6) is 5.75 Å². The van der Waals surface area contributed by atoms with Crippen LogP contribution in [0.2, 0.25) is 0 Å². The van der Waals surface area contributed by atoms with E-state index in [1.807, 2.05) is 80.3 Å². The summed E-state index contributed by atoms with van der Waals surface area (Å²) in [5.41, 5.74) is 2.86. The third kappa shape index (κ3) is 4.44. The van der Waals surface area contributed by atoms with Gasteiger partial charge in [-0.3, -0.25) is 14.6 Å². The van der Waals surface area contributed by atoms with Crippen molar-refractivity contribution in [3.63, 3.8) is 0 Å². The molecule has 2 amide bonds. The van der Waals surface area contributed by atoms with E-state index in [1.165, 1.54) is 0 Å². The number of para-hydroxylation sites is 2. The highest BCUT2D eigenvalue weighted by Crippen LogP contribution is 2.31. The average Bonchev–Trinajstić information content (AvgIpc) is 3.28. The van der Waals surface area contributed by atoms with Gasteiger partial charge in [-0.1, -0.05) is 30.3 Å². The standard InChI is InChI=1S/C26H29N3O3/c1-4-32-24-12-8-6-10-20(24)26(31)29-14-13-18(16-29)23-15-21(25(30)27-17(2)3)19-9-5-7-11-22(19)28-23/h5-12,15,17-18H,4,13-14,16H2,1-3H3,(H,27,30). The van der Waals surface area contributed by atoms with Crippen molar-refractivity contribution in [2.75, 3.05) is 19.7 Å². The Morgan fingerprint density at radius 2 is 1.88 bits per heavy atom. The minimum atomic E-state index is -0.101. The lowest BCUT2D eigenvalue weighted by atomic mass is 9.99. The van der Waals surface area contributed by atoms with Crippen molar-refractivity contribution in [1.82, 2.24) is 15.2 Å². The van der Waals surface area contributed by atoms with Gasteiger partial charge in [-0.05, 0) is 51.5 Å². The topological polar surface area (TPSA) is 71.5 Å². The van der Waals surface area contributed by atoms with Crippen molar-refractivity contribution >= 4 is 22.7 Å². The van der Waals surface area contributed by atoms with Gasteiger partial charge in [0.25, 0.3) is 11.8 Å². The van der Waals surface area contributed by atoms with E-state index in [4.69, 9.17) is 9.72 Å². The molecule has 1 aliphatic rings. The Morgan fingerprint density at radius 1 is 1.12 bits per heavy atom. The van der Waals surface area contributed by atoms with Crippen LogP contribution in [-0.4, -0.2) is 47.4 Å². The first kappa shape index (κ1) is 21.8. The first-order chi connectivity index (χ1) is 15.5. The van der Waals surface area contributed by atoms with Crippen molar-refractivity contribution in [2.24, 2.45) is 0 Å². The van der Waals surface area contributed by atoms with Gasteiger partial charge < -0.3 is 15.0 Å². The molecule has 0 aliphatic carbocycles.